The highest BCUT2D eigenvalue weighted by Crippen LogP contribution is 2.33. The standard InChI is InChI=1S/C30H34ClN5O5S/c1-2-40-29(37)21-42(38,39)36(15-5-7-22-6-3-8-23(18-22)30(32)33)24-10-11-28(27(31)19-24)41-26-12-16-35(17-13-26)25-9-4-14-34-20-25/h3-11,14,18-20,26H,2,12-13,15-17,21H2,1H3,(H3,32,33)/b7-5+. The van der Waals surface area contributed by atoms with E-state index >= 15 is 0 Å². The zero-order chi connectivity index (χ0) is 30.1. The molecule has 2 aromatic carbocycles. The first kappa shape index (κ1) is 30.9. The van der Waals surface area contributed by atoms with Crippen LogP contribution in [0.15, 0.2) is 73.1 Å². The molecule has 222 valence electrons. The van der Waals surface area contributed by atoms with Crippen molar-refractivity contribution in [2.75, 3.05) is 41.2 Å². The van der Waals surface area contributed by atoms with Crippen molar-refractivity contribution in [2.45, 2.75) is 25.9 Å². The van der Waals surface area contributed by atoms with Crippen LogP contribution < -0.4 is 19.7 Å². The second-order valence-electron chi connectivity index (χ2n) is 9.66. The Labute approximate surface area is 251 Å². The Kier molecular flexibility index (Phi) is 10.4. The van der Waals surface area contributed by atoms with Gasteiger partial charge >= 0.3 is 5.97 Å². The van der Waals surface area contributed by atoms with Crippen LogP contribution in [-0.2, 0) is 19.6 Å². The fourth-order valence-electron chi connectivity index (χ4n) is 4.60. The van der Waals surface area contributed by atoms with Gasteiger partial charge < -0.3 is 20.1 Å². The van der Waals surface area contributed by atoms with Gasteiger partial charge in [-0.05, 0) is 48.9 Å². The highest BCUT2D eigenvalue weighted by molar-refractivity contribution is 7.93. The number of ether oxygens (including phenoxy) is 2. The number of aromatic nitrogens is 1. The molecule has 0 unspecified atom stereocenters. The van der Waals surface area contributed by atoms with E-state index < -0.39 is 21.7 Å². The van der Waals surface area contributed by atoms with Gasteiger partial charge in [0.05, 0.1) is 35.7 Å². The van der Waals surface area contributed by atoms with Gasteiger partial charge in [0.1, 0.15) is 17.7 Å². The maximum atomic E-state index is 13.3. The van der Waals surface area contributed by atoms with Crippen LogP contribution in [0.2, 0.25) is 5.02 Å². The van der Waals surface area contributed by atoms with Crippen LogP contribution in [0.4, 0.5) is 11.4 Å². The fourth-order valence-corrected chi connectivity index (χ4v) is 6.10. The molecular formula is C30H34ClN5O5S. The van der Waals surface area contributed by atoms with Gasteiger partial charge in [0.15, 0.2) is 5.75 Å². The van der Waals surface area contributed by atoms with E-state index in [2.05, 4.69) is 9.88 Å². The molecule has 0 spiro atoms. The van der Waals surface area contributed by atoms with Gasteiger partial charge in [-0.1, -0.05) is 42.0 Å². The minimum atomic E-state index is -4.12. The zero-order valence-corrected chi connectivity index (χ0v) is 24.9. The Hall–Kier alpha value is -4.09. The van der Waals surface area contributed by atoms with Crippen LogP contribution in [-0.4, -0.2) is 63.3 Å². The van der Waals surface area contributed by atoms with Crippen molar-refractivity contribution in [2.24, 2.45) is 5.73 Å². The third kappa shape index (κ3) is 8.23. The van der Waals surface area contributed by atoms with E-state index in [0.717, 1.165) is 41.5 Å². The lowest BCUT2D eigenvalue weighted by atomic mass is 10.1. The van der Waals surface area contributed by atoms with E-state index in [0.29, 0.717) is 11.3 Å². The van der Waals surface area contributed by atoms with Crippen molar-refractivity contribution in [3.05, 3.63) is 89.2 Å². The molecule has 0 aliphatic carbocycles. The van der Waals surface area contributed by atoms with E-state index in [4.69, 9.17) is 32.2 Å². The molecule has 1 saturated heterocycles. The summed E-state index contributed by atoms with van der Waals surface area (Å²) < 4.78 is 38.8. The molecule has 0 atom stereocenters. The molecule has 0 bridgehead atoms. The summed E-state index contributed by atoms with van der Waals surface area (Å²) in [7, 11) is -4.12. The summed E-state index contributed by atoms with van der Waals surface area (Å²) in [5.41, 5.74) is 8.22. The third-order valence-electron chi connectivity index (χ3n) is 6.67. The number of benzene rings is 2. The number of sulfonamides is 1. The fraction of sp³-hybridized carbons (Fsp3) is 0.300. The number of hydrogen-bond acceptors (Lipinski definition) is 8. The Morgan fingerprint density at radius 2 is 1.98 bits per heavy atom. The Bertz CT molecular complexity index is 1530. The average Bonchev–Trinajstić information content (AvgIpc) is 2.97. The summed E-state index contributed by atoms with van der Waals surface area (Å²) in [4.78, 5) is 18.6. The lowest BCUT2D eigenvalue weighted by Crippen LogP contribution is -2.38. The second-order valence-corrected chi connectivity index (χ2v) is 12.0. The molecule has 3 N–H and O–H groups in total. The van der Waals surface area contributed by atoms with Crippen molar-refractivity contribution >= 4 is 50.9 Å². The van der Waals surface area contributed by atoms with Crippen molar-refractivity contribution < 1.29 is 22.7 Å². The Morgan fingerprint density at radius 1 is 1.19 bits per heavy atom. The first-order valence-corrected chi connectivity index (χ1v) is 15.5. The minimum absolute atomic E-state index is 0.0429. The molecule has 2 heterocycles. The van der Waals surface area contributed by atoms with E-state index in [-0.39, 0.29) is 35.8 Å². The Balaban J connectivity index is 1.49. The molecule has 4 rings (SSSR count). The molecule has 0 radical (unpaired) electrons. The van der Waals surface area contributed by atoms with Gasteiger partial charge in [0, 0.05) is 37.7 Å². The van der Waals surface area contributed by atoms with Crippen LogP contribution >= 0.6 is 11.6 Å². The summed E-state index contributed by atoms with van der Waals surface area (Å²) in [5, 5.41) is 7.89. The summed E-state index contributed by atoms with van der Waals surface area (Å²) in [6.45, 7) is 3.23. The molecule has 3 aromatic rings. The molecule has 0 amide bonds. The summed E-state index contributed by atoms with van der Waals surface area (Å²) in [6.07, 6.45) is 8.51. The Morgan fingerprint density at radius 3 is 2.64 bits per heavy atom. The normalized spacial score (nSPS) is 14.1. The predicted molar refractivity (Wildman–Crippen MR) is 166 cm³/mol. The van der Waals surface area contributed by atoms with E-state index in [1.807, 2.05) is 24.4 Å². The van der Waals surface area contributed by atoms with Crippen molar-refractivity contribution in [3.63, 3.8) is 0 Å². The summed E-state index contributed by atoms with van der Waals surface area (Å²) in [6, 6.07) is 15.7. The second kappa shape index (κ2) is 14.2. The topological polar surface area (TPSA) is 139 Å². The molecule has 10 nitrogen and oxygen atoms in total. The van der Waals surface area contributed by atoms with E-state index in [9.17, 15) is 13.2 Å². The van der Waals surface area contributed by atoms with Crippen LogP contribution in [0.5, 0.6) is 5.75 Å². The molecule has 1 fully saturated rings. The number of piperidine rings is 1. The van der Waals surface area contributed by atoms with Gasteiger partial charge in [-0.2, -0.15) is 0 Å². The highest BCUT2D eigenvalue weighted by Gasteiger charge is 2.27. The maximum Gasteiger partial charge on any atom is 0.323 e. The average molecular weight is 612 g/mol. The first-order chi connectivity index (χ1) is 20.2. The quantitative estimate of drug-likeness (QED) is 0.174. The monoisotopic (exact) mass is 611 g/mol. The number of carbonyl (C=O) groups is 1. The summed E-state index contributed by atoms with van der Waals surface area (Å²) >= 11 is 6.59. The predicted octanol–water partition coefficient (Wildman–Crippen LogP) is 4.48. The number of halogens is 1. The van der Waals surface area contributed by atoms with Crippen molar-refractivity contribution in [3.8, 4) is 5.75 Å². The number of carbonyl (C=O) groups excluding carboxylic acids is 1. The van der Waals surface area contributed by atoms with Gasteiger partial charge in [0.25, 0.3) is 0 Å². The lowest BCUT2D eigenvalue weighted by molar-refractivity contribution is -0.139. The number of anilines is 2. The molecule has 12 heteroatoms. The molecule has 1 aliphatic heterocycles. The molecule has 1 aromatic heterocycles. The summed E-state index contributed by atoms with van der Waals surface area (Å²) in [5.74, 6) is -1.27. The SMILES string of the molecule is CCOC(=O)CS(=O)(=O)N(C/C=C/c1cccc(C(=N)N)c1)c1ccc(OC2CCN(c3cccnc3)CC2)c(Cl)c1. The number of pyridine rings is 1. The smallest absolute Gasteiger partial charge is 0.323 e. The molecule has 42 heavy (non-hydrogen) atoms. The minimum Gasteiger partial charge on any atom is -0.489 e. The third-order valence-corrected chi connectivity index (χ3v) is 8.60. The lowest BCUT2D eigenvalue weighted by Gasteiger charge is -2.33. The molecule has 1 aliphatic rings. The van der Waals surface area contributed by atoms with E-state index in [1.54, 1.807) is 55.6 Å². The van der Waals surface area contributed by atoms with Gasteiger partial charge in [-0.25, -0.2) is 8.42 Å². The van der Waals surface area contributed by atoms with Crippen LogP contribution in [0.1, 0.15) is 30.9 Å². The number of hydrogen-bond donors (Lipinski definition) is 2. The number of esters is 1. The maximum absolute atomic E-state index is 13.3. The number of nitrogen functional groups attached to an aromatic ring is 1. The first-order valence-electron chi connectivity index (χ1n) is 13.5. The number of nitrogens with zero attached hydrogens (tertiary/aromatic N) is 3. The van der Waals surface area contributed by atoms with Crippen LogP contribution in [0.3, 0.4) is 0 Å². The number of amidine groups is 1. The largest absolute Gasteiger partial charge is 0.489 e. The molecular weight excluding hydrogens is 578 g/mol. The van der Waals surface area contributed by atoms with Gasteiger partial charge in [-0.15, -0.1) is 0 Å². The molecule has 0 saturated carbocycles. The zero-order valence-electron chi connectivity index (χ0n) is 23.3. The number of rotatable bonds is 12. The van der Waals surface area contributed by atoms with Crippen LogP contribution in [0.25, 0.3) is 6.08 Å². The van der Waals surface area contributed by atoms with Crippen molar-refractivity contribution in [1.29, 1.82) is 5.41 Å². The van der Waals surface area contributed by atoms with Crippen molar-refractivity contribution in [1.82, 2.24) is 4.98 Å². The van der Waals surface area contributed by atoms with Gasteiger partial charge in [-0.3, -0.25) is 19.5 Å². The highest BCUT2D eigenvalue weighted by atomic mass is 35.5. The van der Waals surface area contributed by atoms with Gasteiger partial charge in [0.2, 0.25) is 10.0 Å². The van der Waals surface area contributed by atoms with Crippen LogP contribution in [0, 0.1) is 5.41 Å². The van der Waals surface area contributed by atoms with E-state index in [1.165, 1.54) is 6.07 Å². The number of nitrogens with two attached hydrogens (primary N) is 1. The number of nitrogens with one attached hydrogen (secondary N) is 1.